The van der Waals surface area contributed by atoms with Crippen molar-refractivity contribution in [3.05, 3.63) is 35.4 Å². The van der Waals surface area contributed by atoms with Gasteiger partial charge in [0.15, 0.2) is 6.29 Å². The molecule has 25 heavy (non-hydrogen) atoms. The second kappa shape index (κ2) is 6.52. The van der Waals surface area contributed by atoms with Gasteiger partial charge in [-0.15, -0.1) is 0 Å². The van der Waals surface area contributed by atoms with Gasteiger partial charge in [-0.05, 0) is 31.4 Å². The first-order valence-electron chi connectivity index (χ1n) is 8.92. The normalized spacial score (nSPS) is 33.1. The topological polar surface area (TPSA) is 65.1 Å². The average Bonchev–Trinajstić information content (AvgIpc) is 3.19. The van der Waals surface area contributed by atoms with Crippen LogP contribution >= 0.6 is 0 Å². The summed E-state index contributed by atoms with van der Waals surface area (Å²) >= 11 is 0. The molecule has 6 heteroatoms. The summed E-state index contributed by atoms with van der Waals surface area (Å²) in [5.41, 5.74) is 0.976. The Labute approximate surface area is 147 Å². The average molecular weight is 345 g/mol. The Morgan fingerprint density at radius 3 is 2.24 bits per heavy atom. The summed E-state index contributed by atoms with van der Waals surface area (Å²) in [5, 5.41) is 0. The van der Waals surface area contributed by atoms with Crippen molar-refractivity contribution in [1.29, 1.82) is 0 Å². The molecular formula is C19H23NO5. The molecule has 134 valence electrons. The highest BCUT2D eigenvalue weighted by Crippen LogP contribution is 2.35. The highest BCUT2D eigenvalue weighted by atomic mass is 16.7. The molecule has 6 nitrogen and oxygen atoms in total. The fraction of sp³-hybridized carbons (Fsp3) is 0.579. The standard InChI is InChI=1S/C19H23NO5/c1-11-9-15(12(2)25-16(11)10-17-23-7-8-24-17)20-18(21)13-5-3-4-6-14(13)19(20)22/h3-6,11-12,15-17H,7-10H2,1-2H3/t11-,12-,15-,16+/m1/s1. The lowest BCUT2D eigenvalue weighted by molar-refractivity contribution is -0.144. The number of rotatable bonds is 3. The van der Waals surface area contributed by atoms with Crippen LogP contribution in [0.2, 0.25) is 0 Å². The fourth-order valence-electron chi connectivity index (χ4n) is 4.07. The zero-order valence-corrected chi connectivity index (χ0v) is 14.5. The second-order valence-corrected chi connectivity index (χ2v) is 7.09. The van der Waals surface area contributed by atoms with Crippen LogP contribution in [0.1, 0.15) is 47.4 Å². The summed E-state index contributed by atoms with van der Waals surface area (Å²) < 4.78 is 17.2. The first-order chi connectivity index (χ1) is 12.1. The van der Waals surface area contributed by atoms with Gasteiger partial charge in [-0.2, -0.15) is 0 Å². The van der Waals surface area contributed by atoms with Gasteiger partial charge in [0, 0.05) is 6.42 Å². The van der Waals surface area contributed by atoms with E-state index in [0.29, 0.717) is 30.8 Å². The molecule has 0 aliphatic carbocycles. The number of carbonyl (C=O) groups excluding carboxylic acids is 2. The molecular weight excluding hydrogens is 322 g/mol. The van der Waals surface area contributed by atoms with E-state index in [9.17, 15) is 9.59 Å². The van der Waals surface area contributed by atoms with E-state index < -0.39 is 0 Å². The number of hydrogen-bond acceptors (Lipinski definition) is 5. The van der Waals surface area contributed by atoms with Crippen molar-refractivity contribution in [2.75, 3.05) is 13.2 Å². The maximum atomic E-state index is 12.7. The molecule has 0 saturated carbocycles. The maximum absolute atomic E-state index is 12.7. The van der Waals surface area contributed by atoms with E-state index in [-0.39, 0.29) is 42.3 Å². The highest BCUT2D eigenvalue weighted by Gasteiger charge is 2.46. The van der Waals surface area contributed by atoms with Gasteiger partial charge >= 0.3 is 0 Å². The summed E-state index contributed by atoms with van der Waals surface area (Å²) in [6, 6.07) is 6.75. The largest absolute Gasteiger partial charge is 0.373 e. The zero-order valence-electron chi connectivity index (χ0n) is 14.5. The molecule has 0 unspecified atom stereocenters. The Morgan fingerprint density at radius 2 is 1.64 bits per heavy atom. The van der Waals surface area contributed by atoms with Crippen LogP contribution in [0.5, 0.6) is 0 Å². The number of amides is 2. The Hall–Kier alpha value is -1.76. The monoisotopic (exact) mass is 345 g/mol. The number of carbonyl (C=O) groups is 2. The van der Waals surface area contributed by atoms with Crippen LogP contribution in [-0.4, -0.2) is 54.5 Å². The summed E-state index contributed by atoms with van der Waals surface area (Å²) in [6.07, 6.45) is 0.981. The molecule has 4 atom stereocenters. The number of ether oxygens (including phenoxy) is 3. The number of benzene rings is 1. The predicted octanol–water partition coefficient (Wildman–Crippen LogP) is 2.23. The molecule has 0 spiro atoms. The third kappa shape index (κ3) is 2.88. The SMILES string of the molecule is C[C@@H]1C[C@@H](N2C(=O)c3ccccc3C2=O)[C@@H](C)O[C@H]1CC1OCCO1. The molecule has 1 aromatic rings. The van der Waals surface area contributed by atoms with E-state index in [1.807, 2.05) is 6.92 Å². The minimum absolute atomic E-state index is 0.00420. The summed E-state index contributed by atoms with van der Waals surface area (Å²) in [5.74, 6) is -0.221. The van der Waals surface area contributed by atoms with E-state index in [1.165, 1.54) is 4.90 Å². The van der Waals surface area contributed by atoms with Crippen LogP contribution in [-0.2, 0) is 14.2 Å². The van der Waals surface area contributed by atoms with Gasteiger partial charge in [0.1, 0.15) is 0 Å². The first-order valence-corrected chi connectivity index (χ1v) is 8.92. The van der Waals surface area contributed by atoms with E-state index in [4.69, 9.17) is 14.2 Å². The molecule has 2 saturated heterocycles. The van der Waals surface area contributed by atoms with Crippen LogP contribution in [0.3, 0.4) is 0 Å². The molecule has 3 heterocycles. The van der Waals surface area contributed by atoms with Crippen LogP contribution < -0.4 is 0 Å². The molecule has 1 aromatic carbocycles. The van der Waals surface area contributed by atoms with E-state index in [1.54, 1.807) is 24.3 Å². The van der Waals surface area contributed by atoms with Gasteiger partial charge in [0.05, 0.1) is 42.6 Å². The van der Waals surface area contributed by atoms with E-state index in [2.05, 4.69) is 6.92 Å². The smallest absolute Gasteiger partial charge is 0.261 e. The molecule has 0 radical (unpaired) electrons. The number of hydrogen-bond donors (Lipinski definition) is 0. The van der Waals surface area contributed by atoms with Crippen LogP contribution in [0, 0.1) is 5.92 Å². The highest BCUT2D eigenvalue weighted by molar-refractivity contribution is 6.21. The van der Waals surface area contributed by atoms with E-state index >= 15 is 0 Å². The van der Waals surface area contributed by atoms with Crippen LogP contribution in [0.25, 0.3) is 0 Å². The van der Waals surface area contributed by atoms with Crippen molar-refractivity contribution in [1.82, 2.24) is 4.90 Å². The molecule has 2 fully saturated rings. The van der Waals surface area contributed by atoms with Gasteiger partial charge < -0.3 is 14.2 Å². The molecule has 2 amide bonds. The van der Waals surface area contributed by atoms with Crippen LogP contribution in [0.15, 0.2) is 24.3 Å². The van der Waals surface area contributed by atoms with E-state index in [0.717, 1.165) is 6.42 Å². The van der Waals surface area contributed by atoms with Crippen molar-refractivity contribution in [3.63, 3.8) is 0 Å². The van der Waals surface area contributed by atoms with Crippen LogP contribution in [0.4, 0.5) is 0 Å². The van der Waals surface area contributed by atoms with Crippen molar-refractivity contribution >= 4 is 11.8 Å². The van der Waals surface area contributed by atoms with Gasteiger partial charge in [-0.25, -0.2) is 0 Å². The quantitative estimate of drug-likeness (QED) is 0.786. The molecule has 0 aromatic heterocycles. The predicted molar refractivity (Wildman–Crippen MR) is 89.2 cm³/mol. The van der Waals surface area contributed by atoms with Crippen molar-refractivity contribution in [3.8, 4) is 0 Å². The molecule has 3 aliphatic heterocycles. The lowest BCUT2D eigenvalue weighted by atomic mass is 9.87. The summed E-state index contributed by atoms with van der Waals surface area (Å²) in [6.45, 7) is 5.28. The van der Waals surface area contributed by atoms with Gasteiger partial charge in [0.25, 0.3) is 11.8 Å². The van der Waals surface area contributed by atoms with Crippen molar-refractivity contribution in [2.45, 2.75) is 51.2 Å². The summed E-state index contributed by atoms with van der Waals surface area (Å²) in [7, 11) is 0. The number of imide groups is 1. The minimum Gasteiger partial charge on any atom is -0.373 e. The Balaban J connectivity index is 1.49. The van der Waals surface area contributed by atoms with Gasteiger partial charge in [0.2, 0.25) is 0 Å². The lowest BCUT2D eigenvalue weighted by Gasteiger charge is -2.42. The Bertz CT molecular complexity index is 649. The Morgan fingerprint density at radius 1 is 1.04 bits per heavy atom. The third-order valence-corrected chi connectivity index (χ3v) is 5.45. The van der Waals surface area contributed by atoms with Gasteiger partial charge in [-0.3, -0.25) is 14.5 Å². The number of nitrogens with zero attached hydrogens (tertiary/aromatic N) is 1. The molecule has 0 bridgehead atoms. The van der Waals surface area contributed by atoms with Crippen molar-refractivity contribution in [2.24, 2.45) is 5.92 Å². The maximum Gasteiger partial charge on any atom is 0.261 e. The minimum atomic E-state index is -0.246. The summed E-state index contributed by atoms with van der Waals surface area (Å²) in [4.78, 5) is 26.9. The second-order valence-electron chi connectivity index (χ2n) is 7.09. The number of fused-ring (bicyclic) bond motifs is 1. The first kappa shape index (κ1) is 16.7. The molecule has 0 N–H and O–H groups in total. The molecule has 4 rings (SSSR count). The third-order valence-electron chi connectivity index (χ3n) is 5.45. The Kier molecular flexibility index (Phi) is 4.35. The van der Waals surface area contributed by atoms with Gasteiger partial charge in [-0.1, -0.05) is 19.1 Å². The lowest BCUT2D eigenvalue weighted by Crippen LogP contribution is -2.53. The molecule has 3 aliphatic rings. The van der Waals surface area contributed by atoms with Crippen molar-refractivity contribution < 1.29 is 23.8 Å². The zero-order chi connectivity index (χ0) is 17.6. The fourth-order valence-corrected chi connectivity index (χ4v) is 4.07.